The van der Waals surface area contributed by atoms with Gasteiger partial charge in [0, 0.05) is 24.6 Å². The summed E-state index contributed by atoms with van der Waals surface area (Å²) in [7, 11) is 0. The van der Waals surface area contributed by atoms with E-state index in [0.29, 0.717) is 5.92 Å². The first-order valence-corrected chi connectivity index (χ1v) is 7.39. The fraction of sp³-hybridized carbons (Fsp3) is 0.917. The predicted molar refractivity (Wildman–Crippen MR) is 66.9 cm³/mol. The molecule has 2 unspecified atom stereocenters. The van der Waals surface area contributed by atoms with Crippen molar-refractivity contribution in [2.24, 2.45) is 5.92 Å². The van der Waals surface area contributed by atoms with Crippen LogP contribution in [0.5, 0.6) is 0 Å². The molecule has 0 bridgehead atoms. The SMILES string of the molecule is CC1CCCCC1(C(=O)O)N1CCSCC1. The third kappa shape index (κ3) is 1.97. The zero-order chi connectivity index (χ0) is 11.6. The lowest BCUT2D eigenvalue weighted by molar-refractivity contribution is -0.158. The molecular formula is C12H21NO2S. The van der Waals surface area contributed by atoms with E-state index in [1.54, 1.807) is 0 Å². The number of nitrogens with zero attached hydrogens (tertiary/aromatic N) is 1. The molecule has 0 radical (unpaired) electrons. The van der Waals surface area contributed by atoms with Crippen molar-refractivity contribution in [1.29, 1.82) is 0 Å². The quantitative estimate of drug-likeness (QED) is 0.806. The van der Waals surface area contributed by atoms with Crippen LogP contribution in [0.2, 0.25) is 0 Å². The zero-order valence-electron chi connectivity index (χ0n) is 9.95. The van der Waals surface area contributed by atoms with Gasteiger partial charge in [-0.05, 0) is 18.8 Å². The highest BCUT2D eigenvalue weighted by Gasteiger charge is 2.49. The Bertz CT molecular complexity index is 266. The van der Waals surface area contributed by atoms with E-state index in [-0.39, 0.29) is 0 Å². The molecule has 0 aromatic heterocycles. The van der Waals surface area contributed by atoms with Gasteiger partial charge in [-0.3, -0.25) is 9.69 Å². The van der Waals surface area contributed by atoms with Gasteiger partial charge in [0.15, 0.2) is 0 Å². The molecule has 0 aromatic carbocycles. The summed E-state index contributed by atoms with van der Waals surface area (Å²) in [5.41, 5.74) is -0.556. The van der Waals surface area contributed by atoms with E-state index < -0.39 is 11.5 Å². The van der Waals surface area contributed by atoms with Gasteiger partial charge < -0.3 is 5.11 Å². The van der Waals surface area contributed by atoms with Crippen LogP contribution in [0.1, 0.15) is 32.6 Å². The molecule has 4 heteroatoms. The minimum Gasteiger partial charge on any atom is -0.480 e. The second-order valence-corrected chi connectivity index (χ2v) is 6.20. The normalized spacial score (nSPS) is 37.2. The largest absolute Gasteiger partial charge is 0.480 e. The van der Waals surface area contributed by atoms with Crippen molar-refractivity contribution < 1.29 is 9.90 Å². The Morgan fingerprint density at radius 3 is 2.62 bits per heavy atom. The van der Waals surface area contributed by atoms with Crippen LogP contribution in [0.4, 0.5) is 0 Å². The lowest BCUT2D eigenvalue weighted by Gasteiger charge is -2.48. The maximum Gasteiger partial charge on any atom is 0.324 e. The maximum absolute atomic E-state index is 11.7. The molecular weight excluding hydrogens is 222 g/mol. The van der Waals surface area contributed by atoms with Crippen LogP contribution in [0.25, 0.3) is 0 Å². The van der Waals surface area contributed by atoms with E-state index in [4.69, 9.17) is 0 Å². The first-order chi connectivity index (χ1) is 7.68. The van der Waals surface area contributed by atoms with E-state index in [1.807, 2.05) is 11.8 Å². The van der Waals surface area contributed by atoms with Crippen LogP contribution in [0.15, 0.2) is 0 Å². The number of thioether (sulfide) groups is 1. The molecule has 1 saturated heterocycles. The third-order valence-electron chi connectivity index (χ3n) is 4.21. The summed E-state index contributed by atoms with van der Waals surface area (Å²) in [4.78, 5) is 14.0. The Kier molecular flexibility index (Phi) is 3.80. The maximum atomic E-state index is 11.7. The monoisotopic (exact) mass is 243 g/mol. The molecule has 2 fully saturated rings. The first-order valence-electron chi connectivity index (χ1n) is 6.24. The number of carboxylic acids is 1. The van der Waals surface area contributed by atoms with Crippen LogP contribution in [-0.4, -0.2) is 46.1 Å². The Morgan fingerprint density at radius 1 is 1.38 bits per heavy atom. The summed E-state index contributed by atoms with van der Waals surface area (Å²) in [6.45, 7) is 4.01. The number of aliphatic carboxylic acids is 1. The summed E-state index contributed by atoms with van der Waals surface area (Å²) in [6, 6.07) is 0. The number of hydrogen-bond donors (Lipinski definition) is 1. The minimum absolute atomic E-state index is 0.293. The number of hydrogen-bond acceptors (Lipinski definition) is 3. The molecule has 1 N–H and O–H groups in total. The van der Waals surface area contributed by atoms with E-state index in [0.717, 1.165) is 43.9 Å². The summed E-state index contributed by atoms with van der Waals surface area (Å²) >= 11 is 1.94. The second-order valence-electron chi connectivity index (χ2n) is 4.98. The van der Waals surface area contributed by atoms with Crippen molar-refractivity contribution in [2.45, 2.75) is 38.1 Å². The molecule has 1 heterocycles. The van der Waals surface area contributed by atoms with Gasteiger partial charge in [-0.15, -0.1) is 0 Å². The van der Waals surface area contributed by atoms with Crippen LogP contribution in [0, 0.1) is 5.92 Å². The summed E-state index contributed by atoms with van der Waals surface area (Å²) < 4.78 is 0. The van der Waals surface area contributed by atoms with Gasteiger partial charge in [0.25, 0.3) is 0 Å². The van der Waals surface area contributed by atoms with Gasteiger partial charge >= 0.3 is 5.97 Å². The summed E-state index contributed by atoms with van der Waals surface area (Å²) in [5.74, 6) is 1.87. The molecule has 2 aliphatic rings. The Morgan fingerprint density at radius 2 is 2.06 bits per heavy atom. The lowest BCUT2D eigenvalue weighted by Crippen LogP contribution is -2.62. The van der Waals surface area contributed by atoms with Crippen molar-refractivity contribution in [2.75, 3.05) is 24.6 Å². The molecule has 0 spiro atoms. The molecule has 92 valence electrons. The Labute approximate surface area is 102 Å². The van der Waals surface area contributed by atoms with Crippen molar-refractivity contribution in [3.63, 3.8) is 0 Å². The topological polar surface area (TPSA) is 40.5 Å². The smallest absolute Gasteiger partial charge is 0.324 e. The highest BCUT2D eigenvalue weighted by molar-refractivity contribution is 7.99. The minimum atomic E-state index is -0.591. The second kappa shape index (κ2) is 4.96. The fourth-order valence-corrected chi connectivity index (χ4v) is 4.12. The van der Waals surface area contributed by atoms with Gasteiger partial charge in [0.2, 0.25) is 0 Å². The van der Waals surface area contributed by atoms with E-state index in [1.165, 1.54) is 6.42 Å². The molecule has 1 saturated carbocycles. The molecule has 3 nitrogen and oxygen atoms in total. The summed E-state index contributed by atoms with van der Waals surface area (Å²) in [6.07, 6.45) is 4.17. The number of rotatable bonds is 2. The van der Waals surface area contributed by atoms with Gasteiger partial charge in [0.1, 0.15) is 5.54 Å². The molecule has 0 aromatic rings. The molecule has 1 aliphatic heterocycles. The number of carboxylic acid groups (broad SMARTS) is 1. The number of carbonyl (C=O) groups is 1. The van der Waals surface area contributed by atoms with E-state index in [9.17, 15) is 9.90 Å². The first kappa shape index (κ1) is 12.2. The highest BCUT2D eigenvalue weighted by atomic mass is 32.2. The predicted octanol–water partition coefficient (Wildman–Crippen LogP) is 2.07. The van der Waals surface area contributed by atoms with E-state index in [2.05, 4.69) is 11.8 Å². The average Bonchev–Trinajstić information content (AvgIpc) is 2.30. The third-order valence-corrected chi connectivity index (χ3v) is 5.15. The molecule has 2 rings (SSSR count). The molecule has 16 heavy (non-hydrogen) atoms. The molecule has 2 atom stereocenters. The standard InChI is InChI=1S/C12H21NO2S/c1-10-4-2-3-5-12(10,11(14)15)13-6-8-16-9-7-13/h10H,2-9H2,1H3,(H,14,15). The van der Waals surface area contributed by atoms with Crippen LogP contribution < -0.4 is 0 Å². The average molecular weight is 243 g/mol. The van der Waals surface area contributed by atoms with Crippen molar-refractivity contribution in [3.8, 4) is 0 Å². The Hall–Kier alpha value is -0.220. The van der Waals surface area contributed by atoms with E-state index >= 15 is 0 Å². The summed E-state index contributed by atoms with van der Waals surface area (Å²) in [5, 5.41) is 9.66. The van der Waals surface area contributed by atoms with Crippen LogP contribution >= 0.6 is 11.8 Å². The zero-order valence-corrected chi connectivity index (χ0v) is 10.8. The van der Waals surface area contributed by atoms with Gasteiger partial charge in [-0.1, -0.05) is 19.8 Å². The van der Waals surface area contributed by atoms with Crippen molar-refractivity contribution >= 4 is 17.7 Å². The Balaban J connectivity index is 2.22. The van der Waals surface area contributed by atoms with Gasteiger partial charge in [-0.25, -0.2) is 0 Å². The molecule has 1 aliphatic carbocycles. The van der Waals surface area contributed by atoms with Gasteiger partial charge in [0.05, 0.1) is 0 Å². The van der Waals surface area contributed by atoms with Crippen LogP contribution in [-0.2, 0) is 4.79 Å². The molecule has 0 amide bonds. The fourth-order valence-electron chi connectivity index (χ4n) is 3.22. The highest BCUT2D eigenvalue weighted by Crippen LogP contribution is 2.39. The van der Waals surface area contributed by atoms with Crippen LogP contribution in [0.3, 0.4) is 0 Å². The van der Waals surface area contributed by atoms with Gasteiger partial charge in [-0.2, -0.15) is 11.8 Å². The van der Waals surface area contributed by atoms with Crippen molar-refractivity contribution in [1.82, 2.24) is 4.90 Å². The van der Waals surface area contributed by atoms with Crippen molar-refractivity contribution in [3.05, 3.63) is 0 Å². The lowest BCUT2D eigenvalue weighted by atomic mass is 9.72.